The van der Waals surface area contributed by atoms with Crippen molar-refractivity contribution < 1.29 is 9.72 Å². The Morgan fingerprint density at radius 1 is 1.50 bits per heavy atom. The van der Waals surface area contributed by atoms with Crippen LogP contribution in [0.5, 0.6) is 0 Å². The molecule has 1 fully saturated rings. The molecule has 6 heteroatoms. The molecule has 2 unspecified atom stereocenters. The third-order valence-corrected chi connectivity index (χ3v) is 3.75. The van der Waals surface area contributed by atoms with Crippen LogP contribution in [0.4, 0.5) is 5.69 Å². The Bertz CT molecular complexity index is 530. The Kier molecular flexibility index (Phi) is 4.34. The van der Waals surface area contributed by atoms with Crippen LogP contribution < -0.4 is 10.6 Å². The second-order valence-electron chi connectivity index (χ2n) is 5.22. The number of nitrogens with one attached hydrogen (secondary N) is 2. The molecule has 0 bridgehead atoms. The number of amides is 1. The van der Waals surface area contributed by atoms with Crippen molar-refractivity contribution in [3.8, 4) is 0 Å². The molecule has 0 aromatic heterocycles. The third kappa shape index (κ3) is 3.14. The SMILES string of the molecule is Cc1ccc(C(=O)NC2CCCNC2C)cc1[N+](=O)[O-]. The molecule has 20 heavy (non-hydrogen) atoms. The van der Waals surface area contributed by atoms with Gasteiger partial charge >= 0.3 is 0 Å². The Morgan fingerprint density at radius 3 is 2.90 bits per heavy atom. The lowest BCUT2D eigenvalue weighted by Crippen LogP contribution is -2.51. The molecule has 1 aliphatic heterocycles. The van der Waals surface area contributed by atoms with Gasteiger partial charge in [0.1, 0.15) is 0 Å². The van der Waals surface area contributed by atoms with E-state index in [4.69, 9.17) is 0 Å². The molecule has 2 atom stereocenters. The highest BCUT2D eigenvalue weighted by atomic mass is 16.6. The van der Waals surface area contributed by atoms with E-state index < -0.39 is 4.92 Å². The monoisotopic (exact) mass is 277 g/mol. The van der Waals surface area contributed by atoms with Gasteiger partial charge in [0.25, 0.3) is 11.6 Å². The highest BCUT2D eigenvalue weighted by Gasteiger charge is 2.23. The second-order valence-corrected chi connectivity index (χ2v) is 5.22. The maximum absolute atomic E-state index is 12.2. The van der Waals surface area contributed by atoms with Gasteiger partial charge in [0.2, 0.25) is 0 Å². The highest BCUT2D eigenvalue weighted by molar-refractivity contribution is 5.95. The number of hydrogen-bond donors (Lipinski definition) is 2. The maximum atomic E-state index is 12.2. The van der Waals surface area contributed by atoms with E-state index in [0.29, 0.717) is 11.1 Å². The number of nitrogens with zero attached hydrogens (tertiary/aromatic N) is 1. The number of hydrogen-bond acceptors (Lipinski definition) is 4. The molecule has 1 saturated heterocycles. The Morgan fingerprint density at radius 2 is 2.25 bits per heavy atom. The molecule has 0 aliphatic carbocycles. The summed E-state index contributed by atoms with van der Waals surface area (Å²) in [5.41, 5.74) is 0.867. The fraction of sp³-hybridized carbons (Fsp3) is 0.500. The van der Waals surface area contributed by atoms with Crippen LogP contribution in [0.1, 0.15) is 35.7 Å². The number of carbonyl (C=O) groups is 1. The molecule has 108 valence electrons. The molecular weight excluding hydrogens is 258 g/mol. The van der Waals surface area contributed by atoms with E-state index in [1.54, 1.807) is 19.1 Å². The quantitative estimate of drug-likeness (QED) is 0.651. The largest absolute Gasteiger partial charge is 0.348 e. The molecule has 1 heterocycles. The first-order valence-electron chi connectivity index (χ1n) is 6.78. The van der Waals surface area contributed by atoms with Crippen molar-refractivity contribution in [3.63, 3.8) is 0 Å². The van der Waals surface area contributed by atoms with Crippen LogP contribution in [-0.2, 0) is 0 Å². The van der Waals surface area contributed by atoms with Crippen LogP contribution in [0.25, 0.3) is 0 Å². The number of nitro benzene ring substituents is 1. The molecular formula is C14H19N3O3. The number of aryl methyl sites for hydroxylation is 1. The fourth-order valence-electron chi connectivity index (χ4n) is 2.44. The first kappa shape index (κ1) is 14.5. The van der Waals surface area contributed by atoms with Crippen molar-refractivity contribution in [2.45, 2.75) is 38.8 Å². The normalized spacial score (nSPS) is 22.3. The summed E-state index contributed by atoms with van der Waals surface area (Å²) in [6.45, 7) is 4.65. The summed E-state index contributed by atoms with van der Waals surface area (Å²) < 4.78 is 0. The molecule has 0 radical (unpaired) electrons. The standard InChI is InChI=1S/C14H19N3O3/c1-9-5-6-11(8-13(9)17(19)20)14(18)16-12-4-3-7-15-10(12)2/h5-6,8,10,12,15H,3-4,7H2,1-2H3,(H,16,18). The first-order chi connectivity index (χ1) is 9.49. The average Bonchev–Trinajstić information content (AvgIpc) is 2.41. The van der Waals surface area contributed by atoms with Gasteiger partial charge < -0.3 is 10.6 Å². The lowest BCUT2D eigenvalue weighted by atomic mass is 9.99. The van der Waals surface area contributed by atoms with Gasteiger partial charge in [0, 0.05) is 29.3 Å². The summed E-state index contributed by atoms with van der Waals surface area (Å²) in [5.74, 6) is -0.256. The van der Waals surface area contributed by atoms with Crippen molar-refractivity contribution in [3.05, 3.63) is 39.4 Å². The summed E-state index contributed by atoms with van der Waals surface area (Å²) in [7, 11) is 0. The van der Waals surface area contributed by atoms with Crippen molar-refractivity contribution in [2.24, 2.45) is 0 Å². The maximum Gasteiger partial charge on any atom is 0.273 e. The Balaban J connectivity index is 2.13. The lowest BCUT2D eigenvalue weighted by Gasteiger charge is -2.30. The molecule has 0 saturated carbocycles. The van der Waals surface area contributed by atoms with E-state index >= 15 is 0 Å². The zero-order valence-corrected chi connectivity index (χ0v) is 11.7. The van der Waals surface area contributed by atoms with E-state index in [-0.39, 0.29) is 23.7 Å². The summed E-state index contributed by atoms with van der Waals surface area (Å²) >= 11 is 0. The summed E-state index contributed by atoms with van der Waals surface area (Å²) in [6, 6.07) is 4.85. The summed E-state index contributed by atoms with van der Waals surface area (Å²) in [5, 5.41) is 17.2. The lowest BCUT2D eigenvalue weighted by molar-refractivity contribution is -0.385. The van der Waals surface area contributed by atoms with E-state index in [1.165, 1.54) is 6.07 Å². The Hall–Kier alpha value is -1.95. The number of piperidine rings is 1. The minimum atomic E-state index is -0.461. The third-order valence-electron chi connectivity index (χ3n) is 3.75. The molecule has 0 spiro atoms. The van der Waals surface area contributed by atoms with Gasteiger partial charge in [0.05, 0.1) is 4.92 Å². The van der Waals surface area contributed by atoms with E-state index in [2.05, 4.69) is 10.6 Å². The van der Waals surface area contributed by atoms with Crippen molar-refractivity contribution >= 4 is 11.6 Å². The molecule has 1 aliphatic rings. The molecule has 1 aromatic rings. The van der Waals surface area contributed by atoms with E-state index in [1.807, 2.05) is 6.92 Å². The minimum absolute atomic E-state index is 0.0209. The minimum Gasteiger partial charge on any atom is -0.348 e. The van der Waals surface area contributed by atoms with Crippen LogP contribution >= 0.6 is 0 Å². The van der Waals surface area contributed by atoms with Crippen LogP contribution in [0.15, 0.2) is 18.2 Å². The number of carbonyl (C=O) groups excluding carboxylic acids is 1. The fourth-order valence-corrected chi connectivity index (χ4v) is 2.44. The summed E-state index contributed by atoms with van der Waals surface area (Å²) in [4.78, 5) is 22.6. The average molecular weight is 277 g/mol. The van der Waals surface area contributed by atoms with Gasteiger partial charge in [-0.25, -0.2) is 0 Å². The molecule has 6 nitrogen and oxygen atoms in total. The Labute approximate surface area is 117 Å². The van der Waals surface area contributed by atoms with Crippen LogP contribution in [0, 0.1) is 17.0 Å². The van der Waals surface area contributed by atoms with Crippen LogP contribution in [0.2, 0.25) is 0 Å². The number of benzene rings is 1. The van der Waals surface area contributed by atoms with Gasteiger partial charge in [-0.1, -0.05) is 6.07 Å². The zero-order chi connectivity index (χ0) is 14.7. The van der Waals surface area contributed by atoms with Crippen LogP contribution in [0.3, 0.4) is 0 Å². The van der Waals surface area contributed by atoms with Crippen molar-refractivity contribution in [1.29, 1.82) is 0 Å². The highest BCUT2D eigenvalue weighted by Crippen LogP contribution is 2.19. The van der Waals surface area contributed by atoms with E-state index in [9.17, 15) is 14.9 Å². The van der Waals surface area contributed by atoms with Gasteiger partial charge in [-0.2, -0.15) is 0 Å². The zero-order valence-electron chi connectivity index (χ0n) is 11.7. The van der Waals surface area contributed by atoms with Gasteiger partial charge in [-0.15, -0.1) is 0 Å². The number of rotatable bonds is 3. The van der Waals surface area contributed by atoms with Crippen molar-refractivity contribution in [1.82, 2.24) is 10.6 Å². The molecule has 1 aromatic carbocycles. The topological polar surface area (TPSA) is 84.3 Å². The predicted octanol–water partition coefficient (Wildman–Crippen LogP) is 1.77. The molecule has 2 N–H and O–H groups in total. The molecule has 2 rings (SSSR count). The predicted molar refractivity (Wildman–Crippen MR) is 75.8 cm³/mol. The smallest absolute Gasteiger partial charge is 0.273 e. The summed E-state index contributed by atoms with van der Waals surface area (Å²) in [6.07, 6.45) is 1.94. The second kappa shape index (κ2) is 6.00. The number of nitro groups is 1. The van der Waals surface area contributed by atoms with Gasteiger partial charge in [-0.3, -0.25) is 14.9 Å². The van der Waals surface area contributed by atoms with E-state index in [0.717, 1.165) is 19.4 Å². The van der Waals surface area contributed by atoms with Gasteiger partial charge in [0.15, 0.2) is 0 Å². The first-order valence-corrected chi connectivity index (χ1v) is 6.78. The van der Waals surface area contributed by atoms with Gasteiger partial charge in [-0.05, 0) is 39.3 Å². The van der Waals surface area contributed by atoms with Crippen LogP contribution in [-0.4, -0.2) is 29.5 Å². The molecule has 1 amide bonds. The van der Waals surface area contributed by atoms with Crippen molar-refractivity contribution in [2.75, 3.05) is 6.54 Å².